The van der Waals surface area contributed by atoms with Crippen LogP contribution in [0.3, 0.4) is 0 Å². The average Bonchev–Trinajstić information content (AvgIpc) is 2.47. The molecule has 0 unspecified atom stereocenters. The number of carboxylic acid groups (broad SMARTS) is 2. The molecular formula is C14H8BrNO6S-2. The van der Waals surface area contributed by atoms with Gasteiger partial charge < -0.3 is 19.8 Å². The Balaban J connectivity index is 2.47. The molecule has 0 bridgehead atoms. The van der Waals surface area contributed by atoms with E-state index in [9.17, 15) is 28.2 Å². The molecule has 0 amide bonds. The molecule has 0 saturated carbocycles. The number of halogens is 1. The van der Waals surface area contributed by atoms with Gasteiger partial charge in [-0.05, 0) is 24.3 Å². The number of carbonyl (C=O) groups is 2. The predicted octanol–water partition coefficient (Wildman–Crippen LogP) is -0.0231. The van der Waals surface area contributed by atoms with E-state index < -0.39 is 22.0 Å². The first-order valence-corrected chi connectivity index (χ1v) is 8.34. The molecule has 120 valence electrons. The quantitative estimate of drug-likeness (QED) is 0.754. The number of hydrogen-bond acceptors (Lipinski definition) is 6. The number of aromatic carboxylic acids is 2. The lowest BCUT2D eigenvalue weighted by atomic mass is 10.2. The van der Waals surface area contributed by atoms with Gasteiger partial charge in [-0.1, -0.05) is 34.1 Å². The molecule has 23 heavy (non-hydrogen) atoms. The number of hydrogen-bond donors (Lipinski definition) is 1. The number of rotatable bonds is 5. The maximum atomic E-state index is 12.3. The number of carboxylic acids is 2. The maximum absolute atomic E-state index is 12.3. The molecule has 0 aliphatic carbocycles. The van der Waals surface area contributed by atoms with Crippen molar-refractivity contribution in [3.05, 3.63) is 58.1 Å². The van der Waals surface area contributed by atoms with Gasteiger partial charge in [-0.2, -0.15) is 0 Å². The summed E-state index contributed by atoms with van der Waals surface area (Å²) in [5, 5.41) is 22.0. The SMILES string of the molecule is O=C([O-])c1cc(S(=O)(=O)Nc2ccccc2C(=O)[O-])ccc1Br. The lowest BCUT2D eigenvalue weighted by Gasteiger charge is -2.14. The van der Waals surface area contributed by atoms with Crippen LogP contribution in [0.25, 0.3) is 0 Å². The molecule has 0 fully saturated rings. The number of sulfonamides is 1. The van der Waals surface area contributed by atoms with Crippen LogP contribution in [-0.2, 0) is 10.0 Å². The molecule has 2 rings (SSSR count). The van der Waals surface area contributed by atoms with Gasteiger partial charge in [0.1, 0.15) is 0 Å². The third-order valence-electron chi connectivity index (χ3n) is 2.86. The first kappa shape index (κ1) is 17.0. The highest BCUT2D eigenvalue weighted by molar-refractivity contribution is 9.10. The predicted molar refractivity (Wildman–Crippen MR) is 80.1 cm³/mol. The minimum absolute atomic E-state index is 0.159. The summed E-state index contributed by atoms with van der Waals surface area (Å²) in [6.07, 6.45) is 0. The van der Waals surface area contributed by atoms with E-state index in [1.165, 1.54) is 36.4 Å². The normalized spacial score (nSPS) is 11.0. The van der Waals surface area contributed by atoms with E-state index in [2.05, 4.69) is 20.7 Å². The van der Waals surface area contributed by atoms with Crippen LogP contribution in [0.2, 0.25) is 0 Å². The van der Waals surface area contributed by atoms with Crippen LogP contribution in [0, 0.1) is 0 Å². The summed E-state index contributed by atoms with van der Waals surface area (Å²) in [5.41, 5.74) is -0.875. The summed E-state index contributed by atoms with van der Waals surface area (Å²) in [6, 6.07) is 8.60. The lowest BCUT2D eigenvalue weighted by Crippen LogP contribution is -2.25. The number of para-hydroxylation sites is 1. The molecule has 0 aliphatic heterocycles. The van der Waals surface area contributed by atoms with Gasteiger partial charge in [0.2, 0.25) is 0 Å². The van der Waals surface area contributed by atoms with Crippen molar-refractivity contribution in [1.82, 2.24) is 0 Å². The van der Waals surface area contributed by atoms with E-state index in [-0.39, 0.29) is 26.2 Å². The van der Waals surface area contributed by atoms with Crippen LogP contribution in [0.4, 0.5) is 5.69 Å². The second kappa shape index (κ2) is 6.39. The fourth-order valence-electron chi connectivity index (χ4n) is 1.78. The van der Waals surface area contributed by atoms with E-state index in [4.69, 9.17) is 0 Å². The molecule has 0 spiro atoms. The molecule has 0 aliphatic rings. The van der Waals surface area contributed by atoms with Crippen molar-refractivity contribution in [1.29, 1.82) is 0 Å². The highest BCUT2D eigenvalue weighted by Gasteiger charge is 2.18. The molecule has 0 aromatic heterocycles. The molecule has 1 N–H and O–H groups in total. The van der Waals surface area contributed by atoms with Crippen molar-refractivity contribution in [2.24, 2.45) is 0 Å². The molecule has 0 saturated heterocycles. The van der Waals surface area contributed by atoms with Crippen molar-refractivity contribution in [3.63, 3.8) is 0 Å². The molecule has 7 nitrogen and oxygen atoms in total. The molecule has 2 aromatic carbocycles. The second-order valence-electron chi connectivity index (χ2n) is 4.37. The smallest absolute Gasteiger partial charge is 0.261 e. The van der Waals surface area contributed by atoms with Crippen LogP contribution < -0.4 is 14.9 Å². The molecular weight excluding hydrogens is 390 g/mol. The van der Waals surface area contributed by atoms with E-state index in [1.807, 2.05) is 0 Å². The number of carbonyl (C=O) groups excluding carboxylic acids is 2. The Morgan fingerprint density at radius 2 is 1.57 bits per heavy atom. The Bertz CT molecular complexity index is 894. The van der Waals surface area contributed by atoms with Crippen LogP contribution in [0.1, 0.15) is 20.7 Å². The summed E-state index contributed by atoms with van der Waals surface area (Å²) >= 11 is 2.97. The fraction of sp³-hybridized carbons (Fsp3) is 0. The zero-order chi connectivity index (χ0) is 17.2. The van der Waals surface area contributed by atoms with Crippen molar-refractivity contribution in [2.45, 2.75) is 4.90 Å². The van der Waals surface area contributed by atoms with E-state index in [0.29, 0.717) is 0 Å². The third-order valence-corrected chi connectivity index (χ3v) is 4.91. The van der Waals surface area contributed by atoms with Crippen LogP contribution in [-0.4, -0.2) is 20.4 Å². The van der Waals surface area contributed by atoms with E-state index in [0.717, 1.165) is 6.07 Å². The Labute approximate surface area is 139 Å². The van der Waals surface area contributed by atoms with Crippen molar-refractivity contribution in [2.75, 3.05) is 4.72 Å². The molecule has 0 radical (unpaired) electrons. The van der Waals surface area contributed by atoms with Gasteiger partial charge in [-0.25, -0.2) is 8.42 Å². The summed E-state index contributed by atoms with van der Waals surface area (Å²) in [7, 11) is -4.20. The highest BCUT2D eigenvalue weighted by Crippen LogP contribution is 2.23. The number of benzene rings is 2. The lowest BCUT2D eigenvalue weighted by molar-refractivity contribution is -0.256. The summed E-state index contributed by atoms with van der Waals surface area (Å²) in [6.45, 7) is 0. The van der Waals surface area contributed by atoms with Crippen LogP contribution in [0.15, 0.2) is 51.8 Å². The zero-order valence-electron chi connectivity index (χ0n) is 11.3. The van der Waals surface area contributed by atoms with Crippen LogP contribution in [0.5, 0.6) is 0 Å². The fourth-order valence-corrected chi connectivity index (χ4v) is 3.30. The Morgan fingerprint density at radius 3 is 2.17 bits per heavy atom. The monoisotopic (exact) mass is 397 g/mol. The standard InChI is InChI=1S/C14H10BrNO6S/c15-11-6-5-8(7-10(11)14(19)20)23(21,22)16-12-4-2-1-3-9(12)13(17)18/h1-7,16H,(H,17,18)(H,19,20)/p-2. The summed E-state index contributed by atoms with van der Waals surface area (Å²) in [4.78, 5) is 21.6. The molecule has 2 aromatic rings. The maximum Gasteiger partial charge on any atom is 0.261 e. The Morgan fingerprint density at radius 1 is 0.957 bits per heavy atom. The highest BCUT2D eigenvalue weighted by atomic mass is 79.9. The Kier molecular flexibility index (Phi) is 4.71. The number of nitrogens with one attached hydrogen (secondary N) is 1. The van der Waals surface area contributed by atoms with Gasteiger partial charge in [0.05, 0.1) is 22.5 Å². The summed E-state index contributed by atoms with van der Waals surface area (Å²) in [5.74, 6) is -3.10. The largest absolute Gasteiger partial charge is 0.545 e. The Hall–Kier alpha value is -2.39. The van der Waals surface area contributed by atoms with Gasteiger partial charge in [-0.3, -0.25) is 4.72 Å². The van der Waals surface area contributed by atoms with Gasteiger partial charge >= 0.3 is 0 Å². The molecule has 0 atom stereocenters. The minimum Gasteiger partial charge on any atom is -0.545 e. The van der Waals surface area contributed by atoms with Crippen molar-refractivity contribution < 1.29 is 28.2 Å². The minimum atomic E-state index is -4.20. The van der Waals surface area contributed by atoms with E-state index in [1.54, 1.807) is 0 Å². The van der Waals surface area contributed by atoms with Crippen molar-refractivity contribution in [3.8, 4) is 0 Å². The van der Waals surface area contributed by atoms with Gasteiger partial charge in [0.15, 0.2) is 0 Å². The van der Waals surface area contributed by atoms with Gasteiger partial charge in [-0.15, -0.1) is 0 Å². The summed E-state index contributed by atoms with van der Waals surface area (Å²) < 4.78 is 26.9. The first-order valence-electron chi connectivity index (χ1n) is 6.06. The zero-order valence-corrected chi connectivity index (χ0v) is 13.7. The average molecular weight is 398 g/mol. The molecule has 0 heterocycles. The molecule has 9 heteroatoms. The third kappa shape index (κ3) is 3.69. The first-order chi connectivity index (χ1) is 10.7. The topological polar surface area (TPSA) is 126 Å². The van der Waals surface area contributed by atoms with Gasteiger partial charge in [0, 0.05) is 15.6 Å². The van der Waals surface area contributed by atoms with Crippen molar-refractivity contribution >= 4 is 43.6 Å². The second-order valence-corrected chi connectivity index (χ2v) is 6.90. The van der Waals surface area contributed by atoms with Gasteiger partial charge in [0.25, 0.3) is 10.0 Å². The van der Waals surface area contributed by atoms with Crippen LogP contribution >= 0.6 is 15.9 Å². The van der Waals surface area contributed by atoms with E-state index >= 15 is 0 Å². The number of anilines is 1.